The number of unbranched alkanes of at least 4 members (excludes halogenated alkanes) is 12. The minimum Gasteiger partial charge on any atom is -0.377 e. The Morgan fingerprint density at radius 1 is 0.393 bits per heavy atom. The molecule has 0 heterocycles. The normalized spacial score (nSPS) is 12.4. The Kier molecular flexibility index (Phi) is 19.1. The molecule has 0 spiro atoms. The van der Waals surface area contributed by atoms with E-state index in [0.29, 0.717) is 22.9 Å². The van der Waals surface area contributed by atoms with Gasteiger partial charge in [-0.05, 0) is 49.9 Å². The summed E-state index contributed by atoms with van der Waals surface area (Å²) in [4.78, 5) is 4.80. The Morgan fingerprint density at radius 2 is 0.696 bits per heavy atom. The number of anilines is 2. The fourth-order valence-corrected chi connectivity index (χ4v) is 12.3. The molecule has 0 atom stereocenters. The first-order valence-corrected chi connectivity index (χ1v) is 25.8. The van der Waals surface area contributed by atoms with Crippen molar-refractivity contribution in [3.05, 3.63) is 72.8 Å². The van der Waals surface area contributed by atoms with Crippen molar-refractivity contribution < 1.29 is 16.8 Å². The number of hydrogen-bond donors (Lipinski definition) is 0. The van der Waals surface area contributed by atoms with Crippen LogP contribution >= 0.6 is 21.6 Å². The maximum Gasteiger partial charge on any atom is 0.243 e. The number of sulfonamides is 2. The Balaban J connectivity index is 0.958. The second-order valence-electron chi connectivity index (χ2n) is 15.3. The summed E-state index contributed by atoms with van der Waals surface area (Å²) < 4.78 is 56.9. The maximum atomic E-state index is 13.5. The van der Waals surface area contributed by atoms with Crippen LogP contribution in [0.5, 0.6) is 0 Å². The van der Waals surface area contributed by atoms with E-state index < -0.39 is 20.0 Å². The summed E-state index contributed by atoms with van der Waals surface area (Å²) in [6.45, 7) is 1.08. The van der Waals surface area contributed by atoms with E-state index in [4.69, 9.17) is 0 Å². The van der Waals surface area contributed by atoms with Crippen LogP contribution in [0.15, 0.2) is 82.6 Å². The summed E-state index contributed by atoms with van der Waals surface area (Å²) in [5, 5.41) is 3.46. The average molecular weight is 843 g/mol. The highest BCUT2D eigenvalue weighted by atomic mass is 33.1. The molecule has 310 valence electrons. The quantitative estimate of drug-likeness (QED) is 0.0434. The van der Waals surface area contributed by atoms with Crippen LogP contribution in [0.1, 0.15) is 89.9 Å². The Bertz CT molecular complexity index is 1880. The van der Waals surface area contributed by atoms with Gasteiger partial charge in [0, 0.05) is 99.8 Å². The molecule has 0 saturated heterocycles. The van der Waals surface area contributed by atoms with Crippen LogP contribution < -0.4 is 9.80 Å². The van der Waals surface area contributed by atoms with Gasteiger partial charge in [0.1, 0.15) is 0 Å². The SMILES string of the molecule is CN(C)c1cccc2c(S(=O)(=O)N(C)CCCCCCCCCSSCCCCCCCCCN(C)S(=O)(=O)c3cccc4c(N(C)C)cccc34)cccc12. The van der Waals surface area contributed by atoms with Gasteiger partial charge in [-0.15, -0.1) is 0 Å². The Labute approximate surface area is 347 Å². The van der Waals surface area contributed by atoms with Gasteiger partial charge in [0.25, 0.3) is 0 Å². The molecule has 0 fully saturated rings. The smallest absolute Gasteiger partial charge is 0.243 e. The van der Waals surface area contributed by atoms with E-state index >= 15 is 0 Å². The Morgan fingerprint density at radius 3 is 1.05 bits per heavy atom. The van der Waals surface area contributed by atoms with E-state index in [0.717, 1.165) is 71.4 Å². The first-order valence-electron chi connectivity index (χ1n) is 20.4. The van der Waals surface area contributed by atoms with Crippen molar-refractivity contribution in [3.8, 4) is 0 Å². The molecule has 0 amide bonds. The van der Waals surface area contributed by atoms with Gasteiger partial charge in [0.15, 0.2) is 0 Å². The number of fused-ring (bicyclic) bond motifs is 2. The summed E-state index contributed by atoms with van der Waals surface area (Å²) in [5.41, 5.74) is 2.03. The lowest BCUT2D eigenvalue weighted by atomic mass is 10.1. The van der Waals surface area contributed by atoms with Crippen molar-refractivity contribution >= 4 is 74.6 Å². The van der Waals surface area contributed by atoms with Crippen LogP contribution in [-0.2, 0) is 20.0 Å². The molecule has 0 unspecified atom stereocenters. The van der Waals surface area contributed by atoms with E-state index in [-0.39, 0.29) is 0 Å². The molecule has 8 nitrogen and oxygen atoms in total. The van der Waals surface area contributed by atoms with Crippen molar-refractivity contribution in [3.63, 3.8) is 0 Å². The zero-order chi connectivity index (χ0) is 40.6. The summed E-state index contributed by atoms with van der Waals surface area (Å²) in [6.07, 6.45) is 16.1. The molecular formula is C44H66N4O4S4. The van der Waals surface area contributed by atoms with Crippen LogP contribution in [0.25, 0.3) is 21.5 Å². The summed E-state index contributed by atoms with van der Waals surface area (Å²) in [5.74, 6) is 2.42. The molecule has 0 saturated carbocycles. The first-order chi connectivity index (χ1) is 26.9. The third-order valence-corrected chi connectivity index (χ3v) is 17.0. The first kappa shape index (κ1) is 46.2. The molecule has 0 bridgehead atoms. The molecule has 0 aliphatic heterocycles. The monoisotopic (exact) mass is 842 g/mol. The standard InChI is InChI=1S/C44H66N4O4S4/c1-45(2)41-29-21-27-39-37(41)25-23-31-43(39)55(49,50)47(5)33-17-13-9-7-11-15-19-35-53-54-36-20-16-12-8-10-14-18-34-48(6)56(51,52)44-32-24-26-38-40(44)28-22-30-42(38)46(3)4/h21-32H,7-20,33-36H2,1-6H3. The van der Waals surface area contributed by atoms with E-state index in [1.807, 2.05) is 120 Å². The number of benzene rings is 4. The van der Waals surface area contributed by atoms with Crippen LogP contribution in [-0.4, -0.2) is 92.3 Å². The largest absolute Gasteiger partial charge is 0.377 e. The second-order valence-corrected chi connectivity index (χ2v) is 22.0. The van der Waals surface area contributed by atoms with Crippen molar-refractivity contribution in [2.45, 2.75) is 99.7 Å². The zero-order valence-corrected chi connectivity index (χ0v) is 38.0. The van der Waals surface area contributed by atoms with Gasteiger partial charge in [-0.25, -0.2) is 25.4 Å². The average Bonchev–Trinajstić information content (AvgIpc) is 3.18. The fraction of sp³-hybridized carbons (Fsp3) is 0.545. The maximum absolute atomic E-state index is 13.5. The molecule has 4 aromatic carbocycles. The van der Waals surface area contributed by atoms with E-state index in [2.05, 4.69) is 0 Å². The van der Waals surface area contributed by atoms with Crippen LogP contribution in [0, 0.1) is 0 Å². The van der Waals surface area contributed by atoms with Gasteiger partial charge in [-0.1, -0.05) is 134 Å². The Hall–Kier alpha value is -2.48. The minimum absolute atomic E-state index is 0.384. The van der Waals surface area contributed by atoms with Crippen molar-refractivity contribution in [2.24, 2.45) is 0 Å². The van der Waals surface area contributed by atoms with E-state index in [1.54, 1.807) is 26.2 Å². The van der Waals surface area contributed by atoms with Crippen molar-refractivity contribution in [1.29, 1.82) is 0 Å². The van der Waals surface area contributed by atoms with Crippen molar-refractivity contribution in [1.82, 2.24) is 8.61 Å². The third kappa shape index (κ3) is 13.0. The van der Waals surface area contributed by atoms with Crippen LogP contribution in [0.3, 0.4) is 0 Å². The topological polar surface area (TPSA) is 81.2 Å². The molecule has 0 N–H and O–H groups in total. The lowest BCUT2D eigenvalue weighted by Crippen LogP contribution is -2.28. The summed E-state index contributed by atoms with van der Waals surface area (Å²) in [7, 11) is 8.22. The number of hydrogen-bond acceptors (Lipinski definition) is 8. The molecule has 0 aliphatic carbocycles. The van der Waals surface area contributed by atoms with Gasteiger partial charge < -0.3 is 9.80 Å². The second kappa shape index (κ2) is 23.2. The highest BCUT2D eigenvalue weighted by Crippen LogP contribution is 2.33. The van der Waals surface area contributed by atoms with Crippen LogP contribution in [0.4, 0.5) is 11.4 Å². The summed E-state index contributed by atoms with van der Waals surface area (Å²) in [6, 6.07) is 22.8. The summed E-state index contributed by atoms with van der Waals surface area (Å²) >= 11 is 0. The van der Waals surface area contributed by atoms with Gasteiger partial charge in [0.05, 0.1) is 9.79 Å². The highest BCUT2D eigenvalue weighted by Gasteiger charge is 2.24. The van der Waals surface area contributed by atoms with Gasteiger partial charge in [-0.2, -0.15) is 0 Å². The van der Waals surface area contributed by atoms with Crippen LogP contribution in [0.2, 0.25) is 0 Å². The van der Waals surface area contributed by atoms with Gasteiger partial charge >= 0.3 is 0 Å². The molecule has 4 aromatic rings. The molecule has 12 heteroatoms. The zero-order valence-electron chi connectivity index (χ0n) is 34.7. The van der Waals surface area contributed by atoms with Crippen molar-refractivity contribution in [2.75, 3.05) is 76.7 Å². The molecule has 56 heavy (non-hydrogen) atoms. The molecule has 0 aliphatic rings. The van der Waals surface area contributed by atoms with Gasteiger partial charge in [-0.3, -0.25) is 0 Å². The molecular weight excluding hydrogens is 777 g/mol. The number of rotatable bonds is 27. The molecule has 0 radical (unpaired) electrons. The predicted molar refractivity (Wildman–Crippen MR) is 246 cm³/mol. The van der Waals surface area contributed by atoms with E-state index in [1.165, 1.54) is 71.5 Å². The minimum atomic E-state index is -3.56. The predicted octanol–water partition coefficient (Wildman–Crippen LogP) is 10.9. The fourth-order valence-electron chi connectivity index (χ4n) is 7.21. The number of nitrogens with zero attached hydrogens (tertiary/aromatic N) is 4. The highest BCUT2D eigenvalue weighted by molar-refractivity contribution is 8.76. The third-order valence-electron chi connectivity index (χ3n) is 10.5. The van der Waals surface area contributed by atoms with Gasteiger partial charge in [0.2, 0.25) is 20.0 Å². The van der Waals surface area contributed by atoms with E-state index in [9.17, 15) is 16.8 Å². The lowest BCUT2D eigenvalue weighted by molar-refractivity contribution is 0.448. The molecule has 0 aromatic heterocycles. The molecule has 4 rings (SSSR count). The lowest BCUT2D eigenvalue weighted by Gasteiger charge is -2.20.